The zero-order chi connectivity index (χ0) is 23.2. The SMILES string of the molecule is O=C1O/C(=C\c2cccs2)C(c2cc(Br)c(O)c(Br)c2)=C1C(=O)c1cc(Br)c(O)c(Br)c1. The summed E-state index contributed by atoms with van der Waals surface area (Å²) in [7, 11) is 0. The van der Waals surface area contributed by atoms with Gasteiger partial charge in [0, 0.05) is 16.0 Å². The molecule has 10 heteroatoms. The predicted octanol–water partition coefficient (Wildman–Crippen LogP) is 7.44. The minimum absolute atomic E-state index is 0.0114. The molecule has 32 heavy (non-hydrogen) atoms. The predicted molar refractivity (Wildman–Crippen MR) is 137 cm³/mol. The van der Waals surface area contributed by atoms with E-state index in [9.17, 15) is 19.8 Å². The highest BCUT2D eigenvalue weighted by molar-refractivity contribution is 9.11. The summed E-state index contributed by atoms with van der Waals surface area (Å²) in [6.07, 6.45) is 1.69. The highest BCUT2D eigenvalue weighted by atomic mass is 79.9. The fourth-order valence-corrected chi connectivity index (χ4v) is 6.09. The van der Waals surface area contributed by atoms with Crippen molar-refractivity contribution in [3.63, 3.8) is 0 Å². The Morgan fingerprint density at radius 2 is 1.50 bits per heavy atom. The average Bonchev–Trinajstić information content (AvgIpc) is 3.36. The van der Waals surface area contributed by atoms with Crippen LogP contribution in [0.2, 0.25) is 0 Å². The Labute approximate surface area is 219 Å². The minimum atomic E-state index is -0.784. The number of carbonyl (C=O) groups excluding carboxylic acids is 2. The van der Waals surface area contributed by atoms with E-state index in [2.05, 4.69) is 63.7 Å². The lowest BCUT2D eigenvalue weighted by atomic mass is 9.94. The lowest BCUT2D eigenvalue weighted by molar-refractivity contribution is -0.132. The first-order valence-corrected chi connectivity index (χ1v) is 12.9. The van der Waals surface area contributed by atoms with Crippen LogP contribution < -0.4 is 0 Å². The maximum Gasteiger partial charge on any atom is 0.348 e. The van der Waals surface area contributed by atoms with Gasteiger partial charge in [-0.25, -0.2) is 4.79 Å². The number of benzene rings is 2. The molecule has 0 spiro atoms. The van der Waals surface area contributed by atoms with Gasteiger partial charge in [0.05, 0.1) is 17.9 Å². The van der Waals surface area contributed by atoms with Gasteiger partial charge in [0.25, 0.3) is 0 Å². The molecule has 0 saturated heterocycles. The van der Waals surface area contributed by atoms with Crippen LogP contribution in [0.3, 0.4) is 0 Å². The Morgan fingerprint density at radius 1 is 0.938 bits per heavy atom. The van der Waals surface area contributed by atoms with E-state index in [-0.39, 0.29) is 28.4 Å². The van der Waals surface area contributed by atoms with Gasteiger partial charge in [0.15, 0.2) is 0 Å². The second kappa shape index (κ2) is 9.26. The highest BCUT2D eigenvalue weighted by Gasteiger charge is 2.37. The number of allylic oxidation sites excluding steroid dienone is 1. The third-order valence-electron chi connectivity index (χ3n) is 4.53. The number of carbonyl (C=O) groups is 2. The van der Waals surface area contributed by atoms with Gasteiger partial charge in [0.1, 0.15) is 22.8 Å². The van der Waals surface area contributed by atoms with E-state index < -0.39 is 11.8 Å². The molecule has 0 unspecified atom stereocenters. The molecule has 0 saturated carbocycles. The number of aromatic hydroxyl groups is 2. The van der Waals surface area contributed by atoms with Gasteiger partial charge >= 0.3 is 5.97 Å². The second-order valence-electron chi connectivity index (χ2n) is 6.57. The monoisotopic (exact) mass is 702 g/mol. The molecule has 1 aliphatic heterocycles. The molecule has 1 aromatic heterocycles. The minimum Gasteiger partial charge on any atom is -0.506 e. The molecule has 3 aromatic rings. The molecule has 4 rings (SSSR count). The molecule has 0 amide bonds. The summed E-state index contributed by atoms with van der Waals surface area (Å²) in [4.78, 5) is 27.2. The van der Waals surface area contributed by atoms with Gasteiger partial charge in [-0.3, -0.25) is 4.79 Å². The molecule has 2 aromatic carbocycles. The summed E-state index contributed by atoms with van der Waals surface area (Å²) in [6.45, 7) is 0. The Bertz CT molecular complexity index is 1300. The Balaban J connectivity index is 1.97. The van der Waals surface area contributed by atoms with E-state index in [1.807, 2.05) is 17.5 Å². The standard InChI is InChI=1S/C22H10Br4O5S/c23-12-4-9(5-13(24)20(12)28)17-16(8-11-2-1-3-32-11)31-22(30)18(17)19(27)10-6-14(25)21(29)15(26)7-10/h1-8,28-29H/b16-8-. The highest BCUT2D eigenvalue weighted by Crippen LogP contribution is 2.43. The molecule has 0 atom stereocenters. The first-order chi connectivity index (χ1) is 15.2. The summed E-state index contributed by atoms with van der Waals surface area (Å²) < 4.78 is 6.88. The molecule has 2 N–H and O–H groups in total. The van der Waals surface area contributed by atoms with Crippen LogP contribution in [0.1, 0.15) is 20.8 Å². The fourth-order valence-electron chi connectivity index (χ4n) is 3.08. The van der Waals surface area contributed by atoms with Gasteiger partial charge in [-0.15, -0.1) is 11.3 Å². The normalized spacial score (nSPS) is 14.9. The number of hydrogen-bond acceptors (Lipinski definition) is 6. The topological polar surface area (TPSA) is 83.8 Å². The van der Waals surface area contributed by atoms with Crippen LogP contribution in [0, 0.1) is 0 Å². The smallest absolute Gasteiger partial charge is 0.348 e. The summed E-state index contributed by atoms with van der Waals surface area (Å²) >= 11 is 14.5. The number of esters is 1. The van der Waals surface area contributed by atoms with Crippen molar-refractivity contribution < 1.29 is 24.5 Å². The molecule has 2 heterocycles. The fraction of sp³-hybridized carbons (Fsp3) is 0. The molecular formula is C22H10Br4O5S. The van der Waals surface area contributed by atoms with Crippen LogP contribution in [0.4, 0.5) is 0 Å². The lowest BCUT2D eigenvalue weighted by Gasteiger charge is -2.10. The summed E-state index contributed by atoms with van der Waals surface area (Å²) in [5.41, 5.74) is 0.827. The van der Waals surface area contributed by atoms with Crippen molar-refractivity contribution >= 4 is 98.5 Å². The number of hydrogen-bond donors (Lipinski definition) is 2. The second-order valence-corrected chi connectivity index (χ2v) is 11.0. The number of phenols is 2. The molecule has 162 valence electrons. The van der Waals surface area contributed by atoms with Crippen LogP contribution in [0.25, 0.3) is 11.6 Å². The van der Waals surface area contributed by atoms with Crippen LogP contribution in [0.15, 0.2) is 71.0 Å². The van der Waals surface area contributed by atoms with Crippen molar-refractivity contribution in [1.29, 1.82) is 0 Å². The van der Waals surface area contributed by atoms with E-state index in [1.165, 1.54) is 23.5 Å². The maximum atomic E-state index is 13.5. The van der Waals surface area contributed by atoms with E-state index in [1.54, 1.807) is 18.2 Å². The van der Waals surface area contributed by atoms with E-state index >= 15 is 0 Å². The van der Waals surface area contributed by atoms with Gasteiger partial charge in [-0.1, -0.05) is 6.07 Å². The van der Waals surface area contributed by atoms with Crippen molar-refractivity contribution in [2.24, 2.45) is 0 Å². The summed E-state index contributed by atoms with van der Waals surface area (Å²) in [5.74, 6) is -1.20. The first-order valence-electron chi connectivity index (χ1n) is 8.80. The molecule has 5 nitrogen and oxygen atoms in total. The van der Waals surface area contributed by atoms with Crippen molar-refractivity contribution in [3.8, 4) is 11.5 Å². The summed E-state index contributed by atoms with van der Waals surface area (Å²) in [5, 5.41) is 22.0. The Hall–Kier alpha value is -1.72. The molecule has 0 fully saturated rings. The van der Waals surface area contributed by atoms with Crippen molar-refractivity contribution in [2.45, 2.75) is 0 Å². The number of halogens is 4. The molecule has 0 radical (unpaired) electrons. The first kappa shape index (κ1) is 23.4. The Morgan fingerprint density at radius 3 is 2.03 bits per heavy atom. The number of Topliss-reactive ketones (excluding diaryl/α,β-unsaturated/α-hetero) is 1. The number of cyclic esters (lactones) is 1. The molecule has 0 bridgehead atoms. The third-order valence-corrected chi connectivity index (χ3v) is 7.77. The third kappa shape index (κ3) is 4.38. The van der Waals surface area contributed by atoms with Crippen LogP contribution in [0.5, 0.6) is 11.5 Å². The Kier molecular flexibility index (Phi) is 6.78. The van der Waals surface area contributed by atoms with Crippen molar-refractivity contribution in [1.82, 2.24) is 0 Å². The lowest BCUT2D eigenvalue weighted by Crippen LogP contribution is -2.11. The average molecular weight is 706 g/mol. The number of phenolic OH excluding ortho intramolecular Hbond substituents is 2. The van der Waals surface area contributed by atoms with E-state index in [0.717, 1.165) is 4.88 Å². The number of ketones is 1. The van der Waals surface area contributed by atoms with Gasteiger partial charge in [-0.05, 0) is 111 Å². The van der Waals surface area contributed by atoms with E-state index in [4.69, 9.17) is 4.74 Å². The molecule has 0 aliphatic carbocycles. The van der Waals surface area contributed by atoms with Gasteiger partial charge < -0.3 is 14.9 Å². The van der Waals surface area contributed by atoms with Crippen LogP contribution in [-0.2, 0) is 9.53 Å². The largest absolute Gasteiger partial charge is 0.506 e. The number of ether oxygens (including phenoxy) is 1. The summed E-state index contributed by atoms with van der Waals surface area (Å²) in [6, 6.07) is 9.81. The number of rotatable bonds is 4. The van der Waals surface area contributed by atoms with E-state index in [0.29, 0.717) is 29.0 Å². The van der Waals surface area contributed by atoms with Crippen LogP contribution in [-0.4, -0.2) is 22.0 Å². The zero-order valence-corrected chi connectivity index (χ0v) is 22.8. The quantitative estimate of drug-likeness (QED) is 0.168. The van der Waals surface area contributed by atoms with Crippen molar-refractivity contribution in [3.05, 3.63) is 87.0 Å². The van der Waals surface area contributed by atoms with Crippen LogP contribution >= 0.6 is 75.1 Å². The molecule has 1 aliphatic rings. The van der Waals surface area contributed by atoms with Gasteiger partial charge in [-0.2, -0.15) is 0 Å². The zero-order valence-electron chi connectivity index (χ0n) is 15.7. The molecular weight excluding hydrogens is 696 g/mol. The number of thiophene rings is 1. The van der Waals surface area contributed by atoms with Gasteiger partial charge in [0.2, 0.25) is 5.78 Å². The maximum absolute atomic E-state index is 13.5. The van der Waals surface area contributed by atoms with Crippen molar-refractivity contribution in [2.75, 3.05) is 0 Å².